The number of esters is 1. The highest BCUT2D eigenvalue weighted by atomic mass is 16.5. The number of hydrogen-bond acceptors (Lipinski definition) is 3. The minimum Gasteiger partial charge on any atom is -0.465 e. The first-order chi connectivity index (χ1) is 11.6. The van der Waals surface area contributed by atoms with Crippen LogP contribution >= 0.6 is 0 Å². The Kier molecular flexibility index (Phi) is 6.51. The summed E-state index contributed by atoms with van der Waals surface area (Å²) < 4.78 is 4.65. The lowest BCUT2D eigenvalue weighted by atomic mass is 10.2. The van der Waals surface area contributed by atoms with Gasteiger partial charge in [0.1, 0.15) is 6.54 Å². The van der Waals surface area contributed by atoms with E-state index in [2.05, 4.69) is 29.1 Å². The number of nitrogens with one attached hydrogen (secondary N) is 2. The Morgan fingerprint density at radius 1 is 1.04 bits per heavy atom. The molecule has 0 aliphatic rings. The van der Waals surface area contributed by atoms with Crippen molar-refractivity contribution in [2.75, 3.05) is 25.5 Å². The van der Waals surface area contributed by atoms with Crippen molar-refractivity contribution in [3.8, 4) is 0 Å². The molecule has 1 atom stereocenters. The predicted octanol–water partition coefficient (Wildman–Crippen LogP) is 1.52. The highest BCUT2D eigenvalue weighted by Crippen LogP contribution is 2.10. The average molecular weight is 327 g/mol. The number of methoxy groups -OCH3 is 1. The van der Waals surface area contributed by atoms with E-state index in [-0.39, 0.29) is 5.91 Å². The van der Waals surface area contributed by atoms with Crippen molar-refractivity contribution in [2.24, 2.45) is 0 Å². The van der Waals surface area contributed by atoms with Crippen molar-refractivity contribution in [2.45, 2.75) is 13.5 Å². The lowest BCUT2D eigenvalue weighted by molar-refractivity contribution is -0.903. The summed E-state index contributed by atoms with van der Waals surface area (Å²) in [6, 6.07) is 16.8. The van der Waals surface area contributed by atoms with Gasteiger partial charge in [-0.05, 0) is 31.2 Å². The van der Waals surface area contributed by atoms with Crippen molar-refractivity contribution < 1.29 is 19.2 Å². The highest BCUT2D eigenvalue weighted by molar-refractivity contribution is 5.93. The van der Waals surface area contributed by atoms with E-state index in [0.717, 1.165) is 13.1 Å². The van der Waals surface area contributed by atoms with Gasteiger partial charge in [-0.1, -0.05) is 30.3 Å². The van der Waals surface area contributed by atoms with Crippen molar-refractivity contribution in [1.29, 1.82) is 0 Å². The van der Waals surface area contributed by atoms with Crippen LogP contribution in [0.25, 0.3) is 0 Å². The standard InChI is InChI=1S/C19H22N2O3/c1-3-21(13-15-7-5-4-6-8-15)14-18(22)20-17-11-9-16(10-12-17)19(23)24-2/h4-12H,3,13-14H2,1-2H3,(H,20,22)/p+1. The summed E-state index contributed by atoms with van der Waals surface area (Å²) in [4.78, 5) is 24.8. The number of quaternary nitrogens is 1. The molecule has 0 saturated carbocycles. The van der Waals surface area contributed by atoms with E-state index in [1.807, 2.05) is 18.2 Å². The zero-order valence-electron chi connectivity index (χ0n) is 14.0. The maximum Gasteiger partial charge on any atom is 0.337 e. The molecule has 1 unspecified atom stereocenters. The van der Waals surface area contributed by atoms with Gasteiger partial charge < -0.3 is 15.0 Å². The number of hydrogen-bond donors (Lipinski definition) is 2. The average Bonchev–Trinajstić information content (AvgIpc) is 2.62. The van der Waals surface area contributed by atoms with Crippen LogP contribution in [-0.2, 0) is 16.1 Å². The van der Waals surface area contributed by atoms with Crippen LogP contribution in [0.2, 0.25) is 0 Å². The van der Waals surface area contributed by atoms with E-state index >= 15 is 0 Å². The molecule has 2 aromatic carbocycles. The molecular formula is C19H23N2O3+. The Morgan fingerprint density at radius 3 is 2.29 bits per heavy atom. The number of rotatable bonds is 7. The first-order valence-corrected chi connectivity index (χ1v) is 7.98. The molecule has 24 heavy (non-hydrogen) atoms. The molecule has 2 rings (SSSR count). The molecule has 2 aromatic rings. The van der Waals surface area contributed by atoms with E-state index in [1.165, 1.54) is 17.6 Å². The molecule has 5 nitrogen and oxygen atoms in total. The number of benzene rings is 2. The van der Waals surface area contributed by atoms with Crippen molar-refractivity contribution in [1.82, 2.24) is 0 Å². The first-order valence-electron chi connectivity index (χ1n) is 7.98. The second-order valence-electron chi connectivity index (χ2n) is 5.56. The van der Waals surface area contributed by atoms with Crippen molar-refractivity contribution in [3.05, 3.63) is 65.7 Å². The summed E-state index contributed by atoms with van der Waals surface area (Å²) in [7, 11) is 1.34. The predicted molar refractivity (Wildman–Crippen MR) is 92.9 cm³/mol. The minimum absolute atomic E-state index is 0.0476. The van der Waals surface area contributed by atoms with E-state index in [4.69, 9.17) is 0 Å². The summed E-state index contributed by atoms with van der Waals surface area (Å²) in [5.74, 6) is -0.439. The fourth-order valence-electron chi connectivity index (χ4n) is 2.44. The van der Waals surface area contributed by atoms with Gasteiger partial charge in [-0.25, -0.2) is 4.79 Å². The molecule has 0 spiro atoms. The second kappa shape index (κ2) is 8.84. The number of anilines is 1. The molecular weight excluding hydrogens is 304 g/mol. The van der Waals surface area contributed by atoms with E-state index < -0.39 is 5.97 Å². The SMILES string of the molecule is CC[NH+](CC(=O)Nc1ccc(C(=O)OC)cc1)Cc1ccccc1. The topological polar surface area (TPSA) is 59.8 Å². The van der Waals surface area contributed by atoms with Gasteiger partial charge in [-0.15, -0.1) is 0 Å². The summed E-state index contributed by atoms with van der Waals surface area (Å²) in [5, 5.41) is 2.86. The van der Waals surface area contributed by atoms with Crippen LogP contribution in [0, 0.1) is 0 Å². The van der Waals surface area contributed by atoms with Crippen LogP contribution in [0.5, 0.6) is 0 Å². The lowest BCUT2D eigenvalue weighted by Crippen LogP contribution is -3.11. The smallest absolute Gasteiger partial charge is 0.337 e. The summed E-state index contributed by atoms with van der Waals surface area (Å²) >= 11 is 0. The van der Waals surface area contributed by atoms with E-state index in [0.29, 0.717) is 17.8 Å². The molecule has 2 N–H and O–H groups in total. The lowest BCUT2D eigenvalue weighted by Gasteiger charge is -2.17. The zero-order valence-corrected chi connectivity index (χ0v) is 14.0. The number of likely N-dealkylation sites (N-methyl/N-ethyl adjacent to an activating group) is 1. The molecule has 0 aliphatic carbocycles. The van der Waals surface area contributed by atoms with E-state index in [1.54, 1.807) is 24.3 Å². The zero-order chi connectivity index (χ0) is 17.4. The van der Waals surface area contributed by atoms with Gasteiger partial charge in [0.25, 0.3) is 5.91 Å². The van der Waals surface area contributed by atoms with Crippen LogP contribution in [0.1, 0.15) is 22.8 Å². The monoisotopic (exact) mass is 327 g/mol. The maximum absolute atomic E-state index is 12.2. The number of ether oxygens (including phenoxy) is 1. The first kappa shape index (κ1) is 17.7. The van der Waals surface area contributed by atoms with Gasteiger partial charge in [0.2, 0.25) is 0 Å². The molecule has 0 heterocycles. The van der Waals surface area contributed by atoms with Gasteiger partial charge in [-0.2, -0.15) is 0 Å². The van der Waals surface area contributed by atoms with Gasteiger partial charge in [0.15, 0.2) is 6.54 Å². The Bertz CT molecular complexity index is 669. The molecule has 0 fully saturated rings. The van der Waals surface area contributed by atoms with Crippen LogP contribution in [0.3, 0.4) is 0 Å². The minimum atomic E-state index is -0.391. The Labute approximate surface area is 142 Å². The third kappa shape index (κ3) is 5.21. The third-order valence-corrected chi connectivity index (χ3v) is 3.80. The van der Waals surface area contributed by atoms with Gasteiger partial charge in [-0.3, -0.25) is 4.79 Å². The van der Waals surface area contributed by atoms with Crippen molar-refractivity contribution >= 4 is 17.6 Å². The third-order valence-electron chi connectivity index (χ3n) is 3.80. The molecule has 1 amide bonds. The molecule has 126 valence electrons. The second-order valence-corrected chi connectivity index (χ2v) is 5.56. The highest BCUT2D eigenvalue weighted by Gasteiger charge is 2.13. The molecule has 0 aliphatic heterocycles. The summed E-state index contributed by atoms with van der Waals surface area (Å²) in [6.45, 7) is 4.14. The number of amides is 1. The molecule has 0 radical (unpaired) electrons. The van der Waals surface area contributed by atoms with Gasteiger partial charge >= 0.3 is 5.97 Å². The molecule has 5 heteroatoms. The summed E-state index contributed by atoms with van der Waals surface area (Å²) in [6.07, 6.45) is 0. The van der Waals surface area contributed by atoms with Crippen LogP contribution in [-0.4, -0.2) is 32.1 Å². The largest absolute Gasteiger partial charge is 0.465 e. The normalized spacial score (nSPS) is 11.6. The van der Waals surface area contributed by atoms with Crippen molar-refractivity contribution in [3.63, 3.8) is 0 Å². The molecule has 0 bridgehead atoms. The Hall–Kier alpha value is -2.66. The van der Waals surface area contributed by atoms with Gasteiger partial charge in [0, 0.05) is 11.3 Å². The quantitative estimate of drug-likeness (QED) is 0.758. The Balaban J connectivity index is 1.90. The van der Waals surface area contributed by atoms with Crippen LogP contribution < -0.4 is 10.2 Å². The maximum atomic E-state index is 12.2. The van der Waals surface area contributed by atoms with E-state index in [9.17, 15) is 9.59 Å². The fraction of sp³-hybridized carbons (Fsp3) is 0.263. The molecule has 0 saturated heterocycles. The van der Waals surface area contributed by atoms with Crippen LogP contribution in [0.4, 0.5) is 5.69 Å². The Morgan fingerprint density at radius 2 is 1.71 bits per heavy atom. The number of carbonyl (C=O) groups is 2. The van der Waals surface area contributed by atoms with Gasteiger partial charge in [0.05, 0.1) is 19.2 Å². The molecule has 0 aromatic heterocycles. The summed E-state index contributed by atoms with van der Waals surface area (Å²) in [5.41, 5.74) is 2.34. The van der Waals surface area contributed by atoms with Crippen LogP contribution in [0.15, 0.2) is 54.6 Å². The fourth-order valence-corrected chi connectivity index (χ4v) is 2.44. The number of carbonyl (C=O) groups excluding carboxylic acids is 2.